The average Bonchev–Trinajstić information content (AvgIpc) is 2.67. The van der Waals surface area contributed by atoms with Crippen LogP contribution in [0.5, 0.6) is 5.75 Å². The minimum Gasteiger partial charge on any atom is -0.489 e. The molecule has 21 heavy (non-hydrogen) atoms. The number of sulfone groups is 1. The van der Waals surface area contributed by atoms with Crippen molar-refractivity contribution in [1.82, 2.24) is 0 Å². The van der Waals surface area contributed by atoms with Gasteiger partial charge < -0.3 is 4.74 Å². The van der Waals surface area contributed by atoms with Crippen LogP contribution in [0.1, 0.15) is 16.7 Å². The number of rotatable bonds is 3. The summed E-state index contributed by atoms with van der Waals surface area (Å²) in [5.41, 5.74) is 3.60. The summed E-state index contributed by atoms with van der Waals surface area (Å²) in [7, 11) is -3.33. The van der Waals surface area contributed by atoms with Crippen molar-refractivity contribution < 1.29 is 13.2 Å². The van der Waals surface area contributed by atoms with Crippen LogP contribution in [0.3, 0.4) is 0 Å². The maximum atomic E-state index is 12.1. The molecule has 0 spiro atoms. The first-order chi connectivity index (χ1) is 9.95. The lowest BCUT2D eigenvalue weighted by atomic mass is 10.1. The number of fused-ring (bicyclic) bond motifs is 1. The molecule has 3 nitrogen and oxygen atoms in total. The van der Waals surface area contributed by atoms with Gasteiger partial charge in [0.15, 0.2) is 0 Å². The number of ether oxygens (including phenoxy) is 1. The van der Waals surface area contributed by atoms with Crippen LogP contribution in [0.15, 0.2) is 52.8 Å². The Kier molecular flexibility index (Phi) is 3.33. The highest BCUT2D eigenvalue weighted by Crippen LogP contribution is 2.34. The molecule has 1 aliphatic heterocycles. The lowest BCUT2D eigenvalue weighted by molar-refractivity contribution is 0.369. The second-order valence-corrected chi connectivity index (χ2v) is 7.06. The van der Waals surface area contributed by atoms with Crippen molar-refractivity contribution in [2.24, 2.45) is 0 Å². The molecule has 0 aromatic heterocycles. The molecule has 0 saturated carbocycles. The Hall–Kier alpha value is -2.07. The summed E-state index contributed by atoms with van der Waals surface area (Å²) in [6.45, 7) is 4.19. The van der Waals surface area contributed by atoms with Gasteiger partial charge in [0.05, 0.1) is 4.90 Å². The van der Waals surface area contributed by atoms with Crippen LogP contribution < -0.4 is 4.74 Å². The van der Waals surface area contributed by atoms with Crippen LogP contribution >= 0.6 is 0 Å². The molecule has 1 aliphatic rings. The first kappa shape index (κ1) is 13.9. The molecule has 0 bridgehead atoms. The summed E-state index contributed by atoms with van der Waals surface area (Å²) in [5, 5.41) is 1.31. The number of aryl methyl sites for hydroxylation is 2. The fourth-order valence-corrected chi connectivity index (χ4v) is 3.89. The Labute approximate surface area is 124 Å². The smallest absolute Gasteiger partial charge is 0.200 e. The number of hydrogen-bond acceptors (Lipinski definition) is 3. The van der Waals surface area contributed by atoms with E-state index in [0.717, 1.165) is 22.4 Å². The number of benzene rings is 2. The molecule has 0 radical (unpaired) electrons. The Balaban J connectivity index is 1.89. The minimum absolute atomic E-state index is 0.249. The molecular formula is C17H16O3S. The fraction of sp³-hybridized carbons (Fsp3) is 0.176. The van der Waals surface area contributed by atoms with E-state index in [-0.39, 0.29) is 6.61 Å². The highest BCUT2D eigenvalue weighted by molar-refractivity contribution is 7.95. The van der Waals surface area contributed by atoms with Crippen LogP contribution in [0, 0.1) is 13.8 Å². The molecule has 0 atom stereocenters. The van der Waals surface area contributed by atoms with Crippen molar-refractivity contribution in [2.45, 2.75) is 18.7 Å². The molecule has 0 fully saturated rings. The normalized spacial score (nSPS) is 15.4. The Bertz CT molecular complexity index is 833. The van der Waals surface area contributed by atoms with Crippen LogP contribution in [0.25, 0.3) is 5.57 Å². The van der Waals surface area contributed by atoms with Gasteiger partial charge in [0.1, 0.15) is 12.4 Å². The second kappa shape index (κ2) is 5.04. The third-order valence-corrected chi connectivity index (χ3v) is 5.03. The van der Waals surface area contributed by atoms with Gasteiger partial charge in [0, 0.05) is 16.5 Å². The van der Waals surface area contributed by atoms with Gasteiger partial charge in [-0.15, -0.1) is 0 Å². The van der Waals surface area contributed by atoms with Gasteiger partial charge in [0.2, 0.25) is 9.84 Å². The van der Waals surface area contributed by atoms with Crippen LogP contribution in [0.4, 0.5) is 0 Å². The first-order valence-corrected chi connectivity index (χ1v) is 8.26. The van der Waals surface area contributed by atoms with E-state index in [9.17, 15) is 8.42 Å². The molecule has 2 aromatic carbocycles. The molecule has 0 N–H and O–H groups in total. The average molecular weight is 300 g/mol. The van der Waals surface area contributed by atoms with E-state index in [2.05, 4.69) is 0 Å². The van der Waals surface area contributed by atoms with Gasteiger partial charge >= 0.3 is 0 Å². The topological polar surface area (TPSA) is 43.4 Å². The van der Waals surface area contributed by atoms with Crippen molar-refractivity contribution in [1.29, 1.82) is 0 Å². The quantitative estimate of drug-likeness (QED) is 0.871. The van der Waals surface area contributed by atoms with E-state index in [4.69, 9.17) is 4.74 Å². The Morgan fingerprint density at radius 1 is 1.00 bits per heavy atom. The zero-order valence-corrected chi connectivity index (χ0v) is 12.8. The van der Waals surface area contributed by atoms with Crippen molar-refractivity contribution in [3.63, 3.8) is 0 Å². The van der Waals surface area contributed by atoms with Crippen molar-refractivity contribution in [3.8, 4) is 5.75 Å². The van der Waals surface area contributed by atoms with E-state index < -0.39 is 9.84 Å². The number of hydrogen-bond donors (Lipinski definition) is 0. The summed E-state index contributed by atoms with van der Waals surface area (Å²) < 4.78 is 29.9. The SMILES string of the molecule is Cc1cccc(OCC2=CS(=O)(=O)c3ccc(C)cc32)c1. The van der Waals surface area contributed by atoms with Gasteiger partial charge in [-0.3, -0.25) is 0 Å². The van der Waals surface area contributed by atoms with E-state index in [0.29, 0.717) is 10.5 Å². The van der Waals surface area contributed by atoms with E-state index in [1.54, 1.807) is 6.07 Å². The molecule has 3 rings (SSSR count). The first-order valence-electron chi connectivity index (χ1n) is 6.72. The molecule has 2 aromatic rings. The van der Waals surface area contributed by atoms with E-state index in [1.807, 2.05) is 50.2 Å². The van der Waals surface area contributed by atoms with Crippen molar-refractivity contribution >= 4 is 15.4 Å². The molecule has 0 aliphatic carbocycles. The van der Waals surface area contributed by atoms with Crippen molar-refractivity contribution in [3.05, 3.63) is 64.6 Å². The second-order valence-electron chi connectivity index (χ2n) is 5.29. The third kappa shape index (κ3) is 2.72. The van der Waals surface area contributed by atoms with Gasteiger partial charge in [0.25, 0.3) is 0 Å². The maximum Gasteiger partial charge on any atom is 0.200 e. The fourth-order valence-electron chi connectivity index (χ4n) is 2.44. The largest absolute Gasteiger partial charge is 0.489 e. The van der Waals surface area contributed by atoms with Gasteiger partial charge in [-0.2, -0.15) is 0 Å². The highest BCUT2D eigenvalue weighted by atomic mass is 32.2. The summed E-state index contributed by atoms with van der Waals surface area (Å²) in [6, 6.07) is 13.1. The highest BCUT2D eigenvalue weighted by Gasteiger charge is 2.27. The van der Waals surface area contributed by atoms with Crippen molar-refractivity contribution in [2.75, 3.05) is 6.61 Å². The maximum absolute atomic E-state index is 12.1. The van der Waals surface area contributed by atoms with Gasteiger partial charge in [-0.1, -0.05) is 29.8 Å². The van der Waals surface area contributed by atoms with Crippen LogP contribution in [-0.4, -0.2) is 15.0 Å². The Morgan fingerprint density at radius 3 is 2.52 bits per heavy atom. The Morgan fingerprint density at radius 2 is 1.76 bits per heavy atom. The summed E-state index contributed by atoms with van der Waals surface area (Å²) in [5.74, 6) is 0.745. The van der Waals surface area contributed by atoms with Crippen LogP contribution in [0.2, 0.25) is 0 Å². The molecule has 0 amide bonds. The minimum atomic E-state index is -3.33. The van der Waals surface area contributed by atoms with E-state index in [1.165, 1.54) is 5.41 Å². The molecule has 0 unspecified atom stereocenters. The lowest BCUT2D eigenvalue weighted by Crippen LogP contribution is -2.00. The summed E-state index contributed by atoms with van der Waals surface area (Å²) >= 11 is 0. The summed E-state index contributed by atoms with van der Waals surface area (Å²) in [4.78, 5) is 0.371. The predicted molar refractivity (Wildman–Crippen MR) is 83.0 cm³/mol. The standard InChI is InChI=1S/C17H16O3S/c1-12-4-3-5-15(8-12)20-10-14-11-21(18,19)17-7-6-13(2)9-16(14)17/h3-9,11H,10H2,1-2H3. The predicted octanol–water partition coefficient (Wildman–Crippen LogP) is 3.51. The monoisotopic (exact) mass is 300 g/mol. The lowest BCUT2D eigenvalue weighted by Gasteiger charge is -2.09. The van der Waals surface area contributed by atoms with Gasteiger partial charge in [-0.25, -0.2) is 8.42 Å². The zero-order valence-electron chi connectivity index (χ0n) is 12.0. The van der Waals surface area contributed by atoms with E-state index >= 15 is 0 Å². The molecular weight excluding hydrogens is 284 g/mol. The summed E-state index contributed by atoms with van der Waals surface area (Å²) in [6.07, 6.45) is 0. The van der Waals surface area contributed by atoms with Crippen LogP contribution in [-0.2, 0) is 9.84 Å². The van der Waals surface area contributed by atoms with Gasteiger partial charge in [-0.05, 0) is 37.6 Å². The molecule has 108 valence electrons. The molecule has 0 saturated heterocycles. The molecule has 1 heterocycles. The third-order valence-electron chi connectivity index (χ3n) is 3.47. The zero-order chi connectivity index (χ0) is 15.0. The molecule has 4 heteroatoms.